The van der Waals surface area contributed by atoms with Crippen molar-refractivity contribution in [2.24, 2.45) is 0 Å². The maximum Gasteiger partial charge on any atom is 0.275 e. The lowest BCUT2D eigenvalue weighted by molar-refractivity contribution is 0.0381. The second-order valence-electron chi connectivity index (χ2n) is 12.0. The van der Waals surface area contributed by atoms with E-state index >= 15 is 0 Å². The molecule has 15 heteroatoms. The Hall–Kier alpha value is -4.14. The van der Waals surface area contributed by atoms with Gasteiger partial charge in [0, 0.05) is 60.0 Å². The van der Waals surface area contributed by atoms with Crippen LogP contribution in [0, 0.1) is 5.82 Å². The number of amides is 1. The van der Waals surface area contributed by atoms with Crippen molar-refractivity contribution in [1.29, 1.82) is 0 Å². The van der Waals surface area contributed by atoms with E-state index in [1.807, 2.05) is 13.8 Å². The van der Waals surface area contributed by atoms with Gasteiger partial charge in [0.1, 0.15) is 5.69 Å². The quantitative estimate of drug-likeness (QED) is 0.193. The number of carbonyl (C=O) groups excluding carboxylic acids is 1. The van der Waals surface area contributed by atoms with Crippen molar-refractivity contribution in [3.63, 3.8) is 0 Å². The van der Waals surface area contributed by atoms with Crippen LogP contribution in [-0.4, -0.2) is 71.0 Å². The molecule has 3 unspecified atom stereocenters. The van der Waals surface area contributed by atoms with Crippen LogP contribution >= 0.6 is 11.6 Å². The molecular weight excluding hydrogens is 623 g/mol. The van der Waals surface area contributed by atoms with Crippen LogP contribution in [0.25, 0.3) is 11.3 Å². The first-order valence-corrected chi connectivity index (χ1v) is 15.1. The first-order chi connectivity index (χ1) is 21.7. The molecule has 46 heavy (non-hydrogen) atoms. The lowest BCUT2D eigenvalue weighted by atomic mass is 9.93. The molecule has 0 saturated carbocycles. The molecule has 0 radical (unpaired) electrons. The summed E-state index contributed by atoms with van der Waals surface area (Å²) >= 11 is 5.82. The smallest absolute Gasteiger partial charge is 0.275 e. The molecule has 1 aliphatic heterocycles. The Bertz CT molecular complexity index is 1700. The Morgan fingerprint density at radius 2 is 1.83 bits per heavy atom. The molecule has 0 aliphatic carbocycles. The van der Waals surface area contributed by atoms with E-state index in [1.165, 1.54) is 6.20 Å². The predicted molar refractivity (Wildman–Crippen MR) is 168 cm³/mol. The summed E-state index contributed by atoms with van der Waals surface area (Å²) in [5, 5.41) is 20.4. The molecule has 0 bridgehead atoms. The van der Waals surface area contributed by atoms with E-state index in [1.54, 1.807) is 37.1 Å². The Morgan fingerprint density at radius 3 is 2.46 bits per heavy atom. The van der Waals surface area contributed by atoms with Crippen molar-refractivity contribution < 1.29 is 23.1 Å². The number of hydrogen-bond acceptors (Lipinski definition) is 9. The monoisotopic (exact) mass is 657 g/mol. The number of alkyl halides is 2. The minimum atomic E-state index is -3.00. The zero-order valence-electron chi connectivity index (χ0n) is 25.9. The van der Waals surface area contributed by atoms with Crippen molar-refractivity contribution >= 4 is 29.1 Å². The standard InChI is InChI=1S/C31H35ClF3N9O2/c1-16(40-18(3)31(4,5)46)25-8-9-43(25)30-37-10-19(11-38-30)17(2)44-15-20(12-39-44)41-29(45)24-14-36-13-23(42-24)26-21(28(34)35)6-7-22(32)27(26)33/h6-7,10-18,25,28,40,46H,8-9H2,1-5H3,(H,41,45)/t16-,17?,18?,25?/m1/s1. The molecule has 1 amide bonds. The summed E-state index contributed by atoms with van der Waals surface area (Å²) in [6.45, 7) is 10.4. The number of aliphatic hydroxyl groups is 1. The van der Waals surface area contributed by atoms with Crippen molar-refractivity contribution in [2.75, 3.05) is 16.8 Å². The van der Waals surface area contributed by atoms with Gasteiger partial charge in [0.05, 0.1) is 46.6 Å². The fraction of sp³-hybridized carbons (Fsp3) is 0.419. The van der Waals surface area contributed by atoms with E-state index in [0.29, 0.717) is 11.6 Å². The van der Waals surface area contributed by atoms with Crippen molar-refractivity contribution in [1.82, 2.24) is 35.0 Å². The molecule has 244 valence electrons. The first-order valence-electron chi connectivity index (χ1n) is 14.8. The number of nitrogens with zero attached hydrogens (tertiary/aromatic N) is 7. The minimum Gasteiger partial charge on any atom is -0.389 e. The Kier molecular flexibility index (Phi) is 9.61. The number of aromatic nitrogens is 6. The molecule has 4 aromatic rings. The van der Waals surface area contributed by atoms with Gasteiger partial charge in [-0.1, -0.05) is 17.7 Å². The molecule has 5 rings (SSSR count). The normalized spacial score (nSPS) is 17.0. The number of benzene rings is 1. The van der Waals surface area contributed by atoms with Gasteiger partial charge in [-0.2, -0.15) is 5.10 Å². The van der Waals surface area contributed by atoms with E-state index in [0.717, 1.165) is 43.1 Å². The highest BCUT2D eigenvalue weighted by molar-refractivity contribution is 6.31. The second-order valence-corrected chi connectivity index (χ2v) is 12.4. The number of carbonyl (C=O) groups is 1. The van der Waals surface area contributed by atoms with Crippen molar-refractivity contribution in [3.05, 3.63) is 77.0 Å². The van der Waals surface area contributed by atoms with Crippen molar-refractivity contribution in [3.8, 4) is 11.3 Å². The maximum absolute atomic E-state index is 14.7. The SMILES string of the molecule is CC(c1cnc(N2CCC2[C@@H](C)NC(C)C(C)(C)O)nc1)n1cc(NC(=O)c2cncc(-c3c(C(F)F)ccc(Cl)c3F)n2)cn1. The number of hydrogen-bond donors (Lipinski definition) is 3. The Labute approximate surface area is 269 Å². The maximum atomic E-state index is 14.7. The largest absolute Gasteiger partial charge is 0.389 e. The Morgan fingerprint density at radius 1 is 1.11 bits per heavy atom. The van der Waals surface area contributed by atoms with Gasteiger partial charge < -0.3 is 20.6 Å². The summed E-state index contributed by atoms with van der Waals surface area (Å²) in [6, 6.07) is 2.00. The first kappa shape index (κ1) is 33.2. The van der Waals surface area contributed by atoms with Crippen LogP contribution in [0.4, 0.5) is 24.8 Å². The highest BCUT2D eigenvalue weighted by Crippen LogP contribution is 2.35. The van der Waals surface area contributed by atoms with Gasteiger partial charge >= 0.3 is 0 Å². The average Bonchev–Trinajstić information content (AvgIpc) is 3.45. The summed E-state index contributed by atoms with van der Waals surface area (Å²) < 4.78 is 43.5. The summed E-state index contributed by atoms with van der Waals surface area (Å²) in [4.78, 5) is 32.3. The highest BCUT2D eigenvalue weighted by atomic mass is 35.5. The van der Waals surface area contributed by atoms with Crippen LogP contribution in [0.1, 0.15) is 75.1 Å². The molecule has 3 N–H and O–H groups in total. The predicted octanol–water partition coefficient (Wildman–Crippen LogP) is 5.44. The number of halogens is 4. The molecule has 1 aromatic carbocycles. The molecule has 0 spiro atoms. The van der Waals surface area contributed by atoms with E-state index < -0.39 is 34.9 Å². The lowest BCUT2D eigenvalue weighted by Gasteiger charge is -2.46. The lowest BCUT2D eigenvalue weighted by Crippen LogP contribution is -2.61. The third-order valence-electron chi connectivity index (χ3n) is 8.35. The van der Waals surface area contributed by atoms with Crippen LogP contribution in [0.3, 0.4) is 0 Å². The third-order valence-corrected chi connectivity index (χ3v) is 8.65. The van der Waals surface area contributed by atoms with Crippen LogP contribution in [0.5, 0.6) is 0 Å². The van der Waals surface area contributed by atoms with Gasteiger partial charge in [0.25, 0.3) is 12.3 Å². The molecule has 1 fully saturated rings. The van der Waals surface area contributed by atoms with Gasteiger partial charge in [0.15, 0.2) is 5.82 Å². The van der Waals surface area contributed by atoms with E-state index in [-0.39, 0.29) is 40.6 Å². The summed E-state index contributed by atoms with van der Waals surface area (Å²) in [5.41, 5.74) is -1.31. The van der Waals surface area contributed by atoms with Crippen LogP contribution in [0.2, 0.25) is 5.02 Å². The zero-order chi connectivity index (χ0) is 33.3. The number of rotatable bonds is 11. The molecule has 4 atom stereocenters. The molecule has 1 saturated heterocycles. The topological polar surface area (TPSA) is 134 Å². The zero-order valence-corrected chi connectivity index (χ0v) is 26.7. The molecule has 4 heterocycles. The number of anilines is 2. The van der Waals surface area contributed by atoms with Crippen molar-refractivity contribution in [2.45, 2.75) is 77.2 Å². The van der Waals surface area contributed by atoms with Crippen LogP contribution in [0.15, 0.2) is 49.3 Å². The number of nitrogens with one attached hydrogen (secondary N) is 2. The molecule has 11 nitrogen and oxygen atoms in total. The minimum absolute atomic E-state index is 0.0874. The van der Waals surface area contributed by atoms with E-state index in [9.17, 15) is 23.1 Å². The second kappa shape index (κ2) is 13.3. The Balaban J connectivity index is 1.24. The summed E-state index contributed by atoms with van der Waals surface area (Å²) in [5.74, 6) is -1.15. The van der Waals surface area contributed by atoms with E-state index in [4.69, 9.17) is 11.6 Å². The summed E-state index contributed by atoms with van der Waals surface area (Å²) in [7, 11) is 0. The van der Waals surface area contributed by atoms with Crippen LogP contribution in [-0.2, 0) is 0 Å². The van der Waals surface area contributed by atoms with Crippen LogP contribution < -0.4 is 15.5 Å². The molecular formula is C31H35ClF3N9O2. The van der Waals surface area contributed by atoms with Gasteiger partial charge in [0.2, 0.25) is 5.95 Å². The van der Waals surface area contributed by atoms with Gasteiger partial charge in [-0.3, -0.25) is 14.5 Å². The highest BCUT2D eigenvalue weighted by Gasteiger charge is 2.36. The van der Waals surface area contributed by atoms with Gasteiger partial charge in [-0.25, -0.2) is 28.1 Å². The van der Waals surface area contributed by atoms with E-state index in [2.05, 4.69) is 47.5 Å². The molecule has 1 aliphatic rings. The van der Waals surface area contributed by atoms with Gasteiger partial charge in [-0.15, -0.1) is 0 Å². The fourth-order valence-corrected chi connectivity index (χ4v) is 5.30. The third kappa shape index (κ3) is 6.98. The average molecular weight is 658 g/mol. The van der Waals surface area contributed by atoms with Gasteiger partial charge in [-0.05, 0) is 47.1 Å². The molecule has 3 aromatic heterocycles. The summed E-state index contributed by atoms with van der Waals surface area (Å²) in [6.07, 6.45) is 6.75. The fourth-order valence-electron chi connectivity index (χ4n) is 5.15.